The highest BCUT2D eigenvalue weighted by Crippen LogP contribution is 2.11. The quantitative estimate of drug-likeness (QED) is 0.741. The highest BCUT2D eigenvalue weighted by Gasteiger charge is 2.11. The van der Waals surface area contributed by atoms with Gasteiger partial charge in [0.2, 0.25) is 5.91 Å². The molecule has 0 radical (unpaired) electrons. The molecule has 5 nitrogen and oxygen atoms in total. The molecular formula is C14H19BrN2O3. The van der Waals surface area contributed by atoms with Crippen molar-refractivity contribution in [2.45, 2.75) is 20.0 Å². The average molecular weight is 343 g/mol. The van der Waals surface area contributed by atoms with E-state index in [1.165, 1.54) is 0 Å². The predicted octanol–water partition coefficient (Wildman–Crippen LogP) is 1.72. The highest BCUT2D eigenvalue weighted by molar-refractivity contribution is 9.10. The Hall–Kier alpha value is -1.40. The van der Waals surface area contributed by atoms with E-state index in [2.05, 4.69) is 26.6 Å². The van der Waals surface area contributed by atoms with Crippen LogP contribution in [0.1, 0.15) is 24.2 Å². The second-order valence-electron chi connectivity index (χ2n) is 4.15. The van der Waals surface area contributed by atoms with Crippen LogP contribution in [0.25, 0.3) is 0 Å². The second-order valence-corrected chi connectivity index (χ2v) is 5.07. The van der Waals surface area contributed by atoms with Crippen molar-refractivity contribution in [2.75, 3.05) is 19.7 Å². The van der Waals surface area contributed by atoms with E-state index in [0.717, 1.165) is 4.47 Å². The van der Waals surface area contributed by atoms with Gasteiger partial charge in [-0.3, -0.25) is 9.59 Å². The molecule has 0 aromatic heterocycles. The Kier molecular flexibility index (Phi) is 7.25. The lowest BCUT2D eigenvalue weighted by Gasteiger charge is -2.12. The van der Waals surface area contributed by atoms with Gasteiger partial charge in [0.1, 0.15) is 6.10 Å². The summed E-state index contributed by atoms with van der Waals surface area (Å²) in [5.74, 6) is -0.345. The highest BCUT2D eigenvalue weighted by atomic mass is 79.9. The van der Waals surface area contributed by atoms with Crippen molar-refractivity contribution in [2.24, 2.45) is 0 Å². The van der Waals surface area contributed by atoms with Gasteiger partial charge in [0.05, 0.1) is 0 Å². The molecule has 1 rings (SSSR count). The summed E-state index contributed by atoms with van der Waals surface area (Å²) in [4.78, 5) is 23.3. The number of halogens is 1. The summed E-state index contributed by atoms with van der Waals surface area (Å²) < 4.78 is 6.01. The zero-order valence-electron chi connectivity index (χ0n) is 11.6. The van der Waals surface area contributed by atoms with E-state index in [9.17, 15) is 9.59 Å². The zero-order valence-corrected chi connectivity index (χ0v) is 13.2. The van der Waals surface area contributed by atoms with Gasteiger partial charge in [0.15, 0.2) is 0 Å². The summed E-state index contributed by atoms with van der Waals surface area (Å²) in [6.07, 6.45) is -0.471. The summed E-state index contributed by atoms with van der Waals surface area (Å²) in [6.45, 7) is 4.76. The fourth-order valence-corrected chi connectivity index (χ4v) is 1.96. The van der Waals surface area contributed by atoms with Crippen molar-refractivity contribution >= 4 is 27.7 Å². The molecule has 0 bridgehead atoms. The summed E-state index contributed by atoms with van der Waals surface area (Å²) in [5.41, 5.74) is 0.577. The molecule has 0 aliphatic heterocycles. The zero-order chi connectivity index (χ0) is 15.0. The number of amides is 2. The van der Waals surface area contributed by atoms with Crippen LogP contribution < -0.4 is 10.6 Å². The Bertz CT molecular complexity index is 465. The van der Waals surface area contributed by atoms with Crippen molar-refractivity contribution in [1.82, 2.24) is 10.6 Å². The summed E-state index contributed by atoms with van der Waals surface area (Å²) in [7, 11) is 0. The van der Waals surface area contributed by atoms with Crippen LogP contribution >= 0.6 is 15.9 Å². The van der Waals surface area contributed by atoms with Crippen LogP contribution in [0.2, 0.25) is 0 Å². The molecule has 0 spiro atoms. The smallest absolute Gasteiger partial charge is 0.251 e. The number of ether oxygens (including phenoxy) is 1. The van der Waals surface area contributed by atoms with E-state index in [0.29, 0.717) is 25.3 Å². The van der Waals surface area contributed by atoms with Gasteiger partial charge in [-0.1, -0.05) is 22.0 Å². The minimum Gasteiger partial charge on any atom is -0.369 e. The monoisotopic (exact) mass is 342 g/mol. The number of carbonyl (C=O) groups excluding carboxylic acids is 2. The fourth-order valence-electron chi connectivity index (χ4n) is 1.56. The van der Waals surface area contributed by atoms with E-state index in [1.807, 2.05) is 13.0 Å². The molecule has 2 N–H and O–H groups in total. The molecule has 0 fully saturated rings. The topological polar surface area (TPSA) is 67.4 Å². The van der Waals surface area contributed by atoms with Crippen LogP contribution in [0.4, 0.5) is 0 Å². The van der Waals surface area contributed by atoms with Gasteiger partial charge in [-0.25, -0.2) is 0 Å². The van der Waals surface area contributed by atoms with Crippen LogP contribution in [0.15, 0.2) is 28.7 Å². The molecule has 1 aromatic carbocycles. The van der Waals surface area contributed by atoms with Crippen molar-refractivity contribution in [3.63, 3.8) is 0 Å². The van der Waals surface area contributed by atoms with Crippen LogP contribution in [0, 0.1) is 0 Å². The Balaban J connectivity index is 2.27. The van der Waals surface area contributed by atoms with Crippen LogP contribution in [0.3, 0.4) is 0 Å². The molecule has 0 heterocycles. The first-order chi connectivity index (χ1) is 9.54. The van der Waals surface area contributed by atoms with Gasteiger partial charge >= 0.3 is 0 Å². The Morgan fingerprint density at radius 1 is 1.30 bits per heavy atom. The van der Waals surface area contributed by atoms with Crippen LogP contribution in [-0.2, 0) is 9.53 Å². The lowest BCUT2D eigenvalue weighted by Crippen LogP contribution is -2.39. The predicted molar refractivity (Wildman–Crippen MR) is 80.6 cm³/mol. The molecule has 20 heavy (non-hydrogen) atoms. The molecule has 0 aliphatic carbocycles. The molecule has 2 amide bonds. The molecular weight excluding hydrogens is 324 g/mol. The minimum absolute atomic E-state index is 0.168. The standard InChI is InChI=1S/C14H19BrN2O3/c1-3-20-10(2)13(18)16-7-8-17-14(19)11-5-4-6-12(15)9-11/h4-6,9-10H,3,7-8H2,1-2H3,(H,16,18)(H,17,19)/t10-/m1/s1. The van der Waals surface area contributed by atoms with Crippen LogP contribution in [-0.4, -0.2) is 37.6 Å². The van der Waals surface area contributed by atoms with Crippen molar-refractivity contribution in [3.05, 3.63) is 34.3 Å². The maximum absolute atomic E-state index is 11.8. The Labute approximate surface area is 127 Å². The molecule has 0 unspecified atom stereocenters. The normalized spacial score (nSPS) is 11.8. The number of benzene rings is 1. The van der Waals surface area contributed by atoms with Gasteiger partial charge < -0.3 is 15.4 Å². The van der Waals surface area contributed by atoms with Gasteiger partial charge in [-0.2, -0.15) is 0 Å². The van der Waals surface area contributed by atoms with Gasteiger partial charge in [-0.15, -0.1) is 0 Å². The average Bonchev–Trinajstić information content (AvgIpc) is 2.43. The van der Waals surface area contributed by atoms with E-state index in [4.69, 9.17) is 4.74 Å². The molecule has 0 saturated heterocycles. The SMILES string of the molecule is CCO[C@H](C)C(=O)NCCNC(=O)c1cccc(Br)c1. The van der Waals surface area contributed by atoms with Gasteiger partial charge in [-0.05, 0) is 32.0 Å². The van der Waals surface area contributed by atoms with E-state index >= 15 is 0 Å². The summed E-state index contributed by atoms with van der Waals surface area (Å²) in [6, 6.07) is 7.12. The molecule has 1 atom stereocenters. The minimum atomic E-state index is -0.471. The van der Waals surface area contributed by atoms with E-state index < -0.39 is 6.10 Å². The molecule has 6 heteroatoms. The van der Waals surface area contributed by atoms with Crippen molar-refractivity contribution in [1.29, 1.82) is 0 Å². The fraction of sp³-hybridized carbons (Fsp3) is 0.429. The molecule has 1 aromatic rings. The van der Waals surface area contributed by atoms with Crippen molar-refractivity contribution in [3.8, 4) is 0 Å². The Morgan fingerprint density at radius 3 is 2.65 bits per heavy atom. The summed E-state index contributed by atoms with van der Waals surface area (Å²) in [5, 5.41) is 5.43. The maximum Gasteiger partial charge on any atom is 0.251 e. The lowest BCUT2D eigenvalue weighted by molar-refractivity contribution is -0.131. The van der Waals surface area contributed by atoms with Crippen LogP contribution in [0.5, 0.6) is 0 Å². The number of nitrogens with one attached hydrogen (secondary N) is 2. The van der Waals surface area contributed by atoms with Gasteiger partial charge in [0, 0.05) is 29.7 Å². The first-order valence-corrected chi connectivity index (χ1v) is 7.27. The third-order valence-electron chi connectivity index (χ3n) is 2.58. The summed E-state index contributed by atoms with van der Waals surface area (Å²) >= 11 is 3.31. The van der Waals surface area contributed by atoms with E-state index in [1.54, 1.807) is 25.1 Å². The largest absolute Gasteiger partial charge is 0.369 e. The number of carbonyl (C=O) groups is 2. The number of rotatable bonds is 7. The lowest BCUT2D eigenvalue weighted by atomic mass is 10.2. The van der Waals surface area contributed by atoms with Crippen molar-refractivity contribution < 1.29 is 14.3 Å². The van der Waals surface area contributed by atoms with E-state index in [-0.39, 0.29) is 11.8 Å². The number of hydrogen-bond donors (Lipinski definition) is 2. The third kappa shape index (κ3) is 5.71. The molecule has 0 saturated carbocycles. The first kappa shape index (κ1) is 16.7. The Morgan fingerprint density at radius 2 is 2.00 bits per heavy atom. The maximum atomic E-state index is 11.8. The molecule has 110 valence electrons. The molecule has 0 aliphatic rings. The number of hydrogen-bond acceptors (Lipinski definition) is 3. The van der Waals surface area contributed by atoms with Gasteiger partial charge in [0.25, 0.3) is 5.91 Å². The third-order valence-corrected chi connectivity index (χ3v) is 3.08. The second kappa shape index (κ2) is 8.71. The first-order valence-electron chi connectivity index (χ1n) is 6.47.